The Bertz CT molecular complexity index is 625. The van der Waals surface area contributed by atoms with Crippen molar-refractivity contribution in [1.29, 1.82) is 0 Å². The van der Waals surface area contributed by atoms with E-state index in [0.29, 0.717) is 5.13 Å². The van der Waals surface area contributed by atoms with Crippen LogP contribution < -0.4 is 10.6 Å². The lowest BCUT2D eigenvalue weighted by atomic mass is 9.96. The van der Waals surface area contributed by atoms with E-state index in [1.807, 2.05) is 12.3 Å². The summed E-state index contributed by atoms with van der Waals surface area (Å²) in [6.45, 7) is 3.27. The number of urea groups is 1. The summed E-state index contributed by atoms with van der Waals surface area (Å²) in [4.78, 5) is 41.3. The Kier molecular flexibility index (Phi) is 3.20. The molecule has 2 fully saturated rings. The van der Waals surface area contributed by atoms with Gasteiger partial charge in [-0.05, 0) is 32.6 Å². The Morgan fingerprint density at radius 3 is 2.86 bits per heavy atom. The van der Waals surface area contributed by atoms with E-state index in [1.165, 1.54) is 11.3 Å². The molecule has 112 valence electrons. The monoisotopic (exact) mass is 308 g/mol. The average Bonchev–Trinajstić information content (AvgIpc) is 3.16. The first-order valence-electron chi connectivity index (χ1n) is 6.76. The molecular formula is C13H16N4O3S. The van der Waals surface area contributed by atoms with Crippen molar-refractivity contribution < 1.29 is 14.4 Å². The minimum absolute atomic E-state index is 0.184. The van der Waals surface area contributed by atoms with E-state index in [9.17, 15) is 14.4 Å². The number of carbonyl (C=O) groups is 3. The summed E-state index contributed by atoms with van der Waals surface area (Å²) in [5, 5.41) is 7.59. The van der Waals surface area contributed by atoms with Crippen LogP contribution in [0.15, 0.2) is 5.38 Å². The third kappa shape index (κ3) is 2.51. The molecule has 3 rings (SSSR count). The molecule has 2 N–H and O–H groups in total. The van der Waals surface area contributed by atoms with E-state index in [1.54, 1.807) is 6.92 Å². The summed E-state index contributed by atoms with van der Waals surface area (Å²) in [5.74, 6) is -0.558. The summed E-state index contributed by atoms with van der Waals surface area (Å²) < 4.78 is 0. The fourth-order valence-corrected chi connectivity index (χ4v) is 3.21. The first-order valence-corrected chi connectivity index (χ1v) is 7.64. The van der Waals surface area contributed by atoms with Gasteiger partial charge in [0.05, 0.1) is 5.69 Å². The van der Waals surface area contributed by atoms with Gasteiger partial charge >= 0.3 is 6.03 Å². The van der Waals surface area contributed by atoms with Crippen molar-refractivity contribution in [3.8, 4) is 0 Å². The van der Waals surface area contributed by atoms with Gasteiger partial charge in [-0.1, -0.05) is 0 Å². The maximum absolute atomic E-state index is 12.4. The average molecular weight is 308 g/mol. The van der Waals surface area contributed by atoms with Crippen LogP contribution in [0.4, 0.5) is 9.93 Å². The maximum atomic E-state index is 12.4. The molecule has 1 aliphatic heterocycles. The molecule has 0 bridgehead atoms. The number of anilines is 1. The van der Waals surface area contributed by atoms with Gasteiger partial charge in [-0.2, -0.15) is 0 Å². The van der Waals surface area contributed by atoms with Gasteiger partial charge in [0.25, 0.3) is 5.91 Å². The largest absolute Gasteiger partial charge is 0.325 e. The molecule has 1 unspecified atom stereocenters. The molecule has 1 saturated heterocycles. The van der Waals surface area contributed by atoms with Crippen LogP contribution in [0, 0.1) is 12.8 Å². The SMILES string of the molecule is Cc1csc(NC(=O)CN2C(=O)NC(C)(C3CC3)C2=O)n1. The zero-order chi connectivity index (χ0) is 15.2. The molecule has 2 heterocycles. The molecule has 2 aliphatic rings. The Morgan fingerprint density at radius 1 is 1.57 bits per heavy atom. The van der Waals surface area contributed by atoms with Gasteiger partial charge in [-0.25, -0.2) is 9.78 Å². The number of carbonyl (C=O) groups excluding carboxylic acids is 3. The topological polar surface area (TPSA) is 91.4 Å². The molecule has 7 nitrogen and oxygen atoms in total. The Morgan fingerprint density at radius 2 is 2.29 bits per heavy atom. The number of imide groups is 1. The van der Waals surface area contributed by atoms with E-state index >= 15 is 0 Å². The predicted molar refractivity (Wildman–Crippen MR) is 76.9 cm³/mol. The third-order valence-corrected chi connectivity index (χ3v) is 4.74. The van der Waals surface area contributed by atoms with Gasteiger partial charge in [0, 0.05) is 5.38 Å². The highest BCUT2D eigenvalue weighted by Gasteiger charge is 2.56. The lowest BCUT2D eigenvalue weighted by molar-refractivity contribution is -0.134. The van der Waals surface area contributed by atoms with Crippen molar-refractivity contribution in [1.82, 2.24) is 15.2 Å². The summed E-state index contributed by atoms with van der Waals surface area (Å²) in [5.41, 5.74) is -0.0404. The first kappa shape index (κ1) is 14.0. The molecule has 0 radical (unpaired) electrons. The van der Waals surface area contributed by atoms with Crippen LogP contribution in [0.5, 0.6) is 0 Å². The maximum Gasteiger partial charge on any atom is 0.325 e. The second-order valence-corrected chi connectivity index (χ2v) is 6.50. The van der Waals surface area contributed by atoms with Crippen molar-refractivity contribution in [3.63, 3.8) is 0 Å². The quantitative estimate of drug-likeness (QED) is 0.815. The molecule has 1 saturated carbocycles. The molecule has 0 aromatic carbocycles. The molecule has 0 spiro atoms. The zero-order valence-corrected chi connectivity index (χ0v) is 12.6. The molecule has 1 aliphatic carbocycles. The Labute approximate surface area is 125 Å². The number of nitrogens with zero attached hydrogens (tertiary/aromatic N) is 2. The summed E-state index contributed by atoms with van der Waals surface area (Å²) in [6, 6.07) is -0.500. The second kappa shape index (κ2) is 4.80. The molecule has 1 aromatic rings. The molecule has 8 heteroatoms. The van der Waals surface area contributed by atoms with Gasteiger partial charge in [0.15, 0.2) is 5.13 Å². The van der Waals surface area contributed by atoms with Crippen LogP contribution in [0.2, 0.25) is 0 Å². The summed E-state index contributed by atoms with van der Waals surface area (Å²) >= 11 is 1.31. The lowest BCUT2D eigenvalue weighted by Crippen LogP contribution is -2.46. The molecule has 1 atom stereocenters. The highest BCUT2D eigenvalue weighted by molar-refractivity contribution is 7.13. The van der Waals surface area contributed by atoms with Crippen molar-refractivity contribution in [2.75, 3.05) is 11.9 Å². The zero-order valence-electron chi connectivity index (χ0n) is 11.8. The third-order valence-electron chi connectivity index (χ3n) is 3.86. The number of aryl methyl sites for hydroxylation is 1. The van der Waals surface area contributed by atoms with Gasteiger partial charge in [0.2, 0.25) is 5.91 Å². The fraction of sp³-hybridized carbons (Fsp3) is 0.538. The predicted octanol–water partition coefficient (Wildman–Crippen LogP) is 1.11. The Balaban J connectivity index is 1.65. The van der Waals surface area contributed by atoms with E-state index in [0.717, 1.165) is 23.4 Å². The number of aromatic nitrogens is 1. The van der Waals surface area contributed by atoms with Crippen LogP contribution in [0.1, 0.15) is 25.5 Å². The summed E-state index contributed by atoms with van der Waals surface area (Å²) in [7, 11) is 0. The minimum atomic E-state index is -0.852. The van der Waals surface area contributed by atoms with E-state index in [2.05, 4.69) is 15.6 Å². The lowest BCUT2D eigenvalue weighted by Gasteiger charge is -2.20. The van der Waals surface area contributed by atoms with Crippen molar-refractivity contribution >= 4 is 34.3 Å². The van der Waals surface area contributed by atoms with Gasteiger partial charge < -0.3 is 10.6 Å². The number of rotatable bonds is 4. The number of thiazole rings is 1. The van der Waals surface area contributed by atoms with Gasteiger partial charge in [-0.3, -0.25) is 14.5 Å². The standard InChI is InChI=1S/C13H16N4O3S/c1-7-6-21-11(14-7)15-9(18)5-17-10(19)13(2,8-3-4-8)16-12(17)20/h6,8H,3-5H2,1-2H3,(H,16,20)(H,14,15,18). The molecule has 21 heavy (non-hydrogen) atoms. The van der Waals surface area contributed by atoms with Crippen molar-refractivity contribution in [2.24, 2.45) is 5.92 Å². The van der Waals surface area contributed by atoms with Crippen LogP contribution in [0.3, 0.4) is 0 Å². The van der Waals surface area contributed by atoms with Crippen molar-refractivity contribution in [3.05, 3.63) is 11.1 Å². The minimum Gasteiger partial charge on any atom is -0.323 e. The van der Waals surface area contributed by atoms with E-state index in [4.69, 9.17) is 0 Å². The first-order chi connectivity index (χ1) is 9.90. The van der Waals surface area contributed by atoms with Crippen LogP contribution in [0.25, 0.3) is 0 Å². The van der Waals surface area contributed by atoms with Crippen LogP contribution in [-0.4, -0.2) is 39.8 Å². The molecule has 4 amide bonds. The van der Waals surface area contributed by atoms with Gasteiger partial charge in [0.1, 0.15) is 12.1 Å². The fourth-order valence-electron chi connectivity index (χ4n) is 2.51. The highest BCUT2D eigenvalue weighted by Crippen LogP contribution is 2.42. The van der Waals surface area contributed by atoms with Crippen LogP contribution in [-0.2, 0) is 9.59 Å². The second-order valence-electron chi connectivity index (χ2n) is 5.64. The number of amides is 4. The van der Waals surface area contributed by atoms with E-state index < -0.39 is 17.5 Å². The molecular weight excluding hydrogens is 292 g/mol. The normalized spacial score (nSPS) is 25.1. The molecule has 1 aromatic heterocycles. The van der Waals surface area contributed by atoms with Crippen molar-refractivity contribution in [2.45, 2.75) is 32.2 Å². The highest BCUT2D eigenvalue weighted by atomic mass is 32.1. The number of hydrogen-bond donors (Lipinski definition) is 2. The van der Waals surface area contributed by atoms with E-state index in [-0.39, 0.29) is 18.4 Å². The number of hydrogen-bond acceptors (Lipinski definition) is 5. The summed E-state index contributed by atoms with van der Waals surface area (Å²) in [6.07, 6.45) is 1.86. The van der Waals surface area contributed by atoms with Crippen LogP contribution >= 0.6 is 11.3 Å². The van der Waals surface area contributed by atoms with Gasteiger partial charge in [-0.15, -0.1) is 11.3 Å². The Hall–Kier alpha value is -1.96. The smallest absolute Gasteiger partial charge is 0.323 e. The number of nitrogens with one attached hydrogen (secondary N) is 2.